The molecule has 1 aromatic carbocycles. The van der Waals surface area contributed by atoms with E-state index in [-0.39, 0.29) is 24.4 Å². The molecule has 0 spiro atoms. The summed E-state index contributed by atoms with van der Waals surface area (Å²) in [5.41, 5.74) is 0.221. The van der Waals surface area contributed by atoms with E-state index in [1.807, 2.05) is 0 Å². The van der Waals surface area contributed by atoms with Gasteiger partial charge in [-0.2, -0.15) is 13.2 Å². The van der Waals surface area contributed by atoms with Gasteiger partial charge in [-0.25, -0.2) is 9.97 Å². The summed E-state index contributed by atoms with van der Waals surface area (Å²) in [6.45, 7) is 0.456. The standard InChI is InChI=1S/C19H14F3N3O2/c20-19(21,22)18-23-16-8-2-1-7-15(16)17(24-18)25(11-13-5-3-9-26-13)12-14-6-4-10-27-14/h1-10H,11-12H2. The average Bonchev–Trinajstić information content (AvgIpc) is 3.33. The minimum absolute atomic E-state index is 0.167. The number of fused-ring (bicyclic) bond motifs is 1. The molecule has 0 aliphatic rings. The third kappa shape index (κ3) is 3.64. The first-order valence-corrected chi connectivity index (χ1v) is 8.14. The second-order valence-corrected chi connectivity index (χ2v) is 5.90. The largest absolute Gasteiger partial charge is 0.467 e. The van der Waals surface area contributed by atoms with Crippen molar-refractivity contribution < 1.29 is 22.0 Å². The van der Waals surface area contributed by atoms with Gasteiger partial charge in [-0.05, 0) is 36.4 Å². The Labute approximate surface area is 152 Å². The Morgan fingerprint density at radius 2 is 1.44 bits per heavy atom. The van der Waals surface area contributed by atoms with Crippen LogP contribution >= 0.6 is 0 Å². The maximum atomic E-state index is 13.3. The summed E-state index contributed by atoms with van der Waals surface area (Å²) in [5.74, 6) is 0.177. The molecule has 0 atom stereocenters. The molecule has 8 heteroatoms. The topological polar surface area (TPSA) is 55.3 Å². The van der Waals surface area contributed by atoms with E-state index in [0.717, 1.165) is 0 Å². The van der Waals surface area contributed by atoms with E-state index in [2.05, 4.69) is 9.97 Å². The van der Waals surface area contributed by atoms with Crippen molar-refractivity contribution in [3.63, 3.8) is 0 Å². The first-order valence-electron chi connectivity index (χ1n) is 8.14. The summed E-state index contributed by atoms with van der Waals surface area (Å²) in [6.07, 6.45) is -1.63. The number of halogens is 3. The van der Waals surface area contributed by atoms with Crippen LogP contribution < -0.4 is 4.90 Å². The van der Waals surface area contributed by atoms with E-state index >= 15 is 0 Å². The Balaban J connectivity index is 1.85. The maximum Gasteiger partial charge on any atom is 0.451 e. The Bertz CT molecular complexity index is 992. The summed E-state index contributed by atoms with van der Waals surface area (Å²) in [6, 6.07) is 13.6. The number of aromatic nitrogens is 2. The zero-order chi connectivity index (χ0) is 18.9. The lowest BCUT2D eigenvalue weighted by Gasteiger charge is -2.24. The molecule has 0 saturated heterocycles. The van der Waals surface area contributed by atoms with Crippen molar-refractivity contribution in [3.8, 4) is 0 Å². The lowest BCUT2D eigenvalue weighted by molar-refractivity contribution is -0.144. The molecule has 4 rings (SSSR count). The fourth-order valence-electron chi connectivity index (χ4n) is 2.81. The molecule has 0 amide bonds. The van der Waals surface area contributed by atoms with Crippen molar-refractivity contribution >= 4 is 16.7 Å². The smallest absolute Gasteiger partial charge is 0.451 e. The zero-order valence-electron chi connectivity index (χ0n) is 14.0. The van der Waals surface area contributed by atoms with Crippen molar-refractivity contribution in [1.82, 2.24) is 9.97 Å². The summed E-state index contributed by atoms with van der Waals surface area (Å²) >= 11 is 0. The number of hydrogen-bond donors (Lipinski definition) is 0. The minimum atomic E-state index is -4.65. The predicted molar refractivity (Wildman–Crippen MR) is 91.8 cm³/mol. The second-order valence-electron chi connectivity index (χ2n) is 5.90. The minimum Gasteiger partial charge on any atom is -0.467 e. The second kappa shape index (κ2) is 6.79. The monoisotopic (exact) mass is 373 g/mol. The fraction of sp³-hybridized carbons (Fsp3) is 0.158. The number of hydrogen-bond acceptors (Lipinski definition) is 5. The van der Waals surface area contributed by atoms with Crippen LogP contribution in [-0.2, 0) is 19.3 Å². The van der Waals surface area contributed by atoms with E-state index in [1.165, 1.54) is 18.6 Å². The number of rotatable bonds is 5. The molecule has 3 aromatic heterocycles. The highest BCUT2D eigenvalue weighted by atomic mass is 19.4. The van der Waals surface area contributed by atoms with Gasteiger partial charge >= 0.3 is 6.18 Å². The average molecular weight is 373 g/mol. The van der Waals surface area contributed by atoms with Gasteiger partial charge in [0.15, 0.2) is 0 Å². The fourth-order valence-corrected chi connectivity index (χ4v) is 2.81. The van der Waals surface area contributed by atoms with Gasteiger partial charge in [0, 0.05) is 5.39 Å². The summed E-state index contributed by atoms with van der Waals surface area (Å²) < 4.78 is 50.8. The lowest BCUT2D eigenvalue weighted by atomic mass is 10.2. The molecule has 4 aromatic rings. The molecule has 0 radical (unpaired) electrons. The number of nitrogens with zero attached hydrogens (tertiary/aromatic N) is 3. The van der Waals surface area contributed by atoms with Crippen LogP contribution in [0.15, 0.2) is 69.9 Å². The highest BCUT2D eigenvalue weighted by Gasteiger charge is 2.36. The predicted octanol–water partition coefficient (Wildman–Crippen LogP) is 5.04. The van der Waals surface area contributed by atoms with Crippen molar-refractivity contribution in [2.45, 2.75) is 19.3 Å². The maximum absolute atomic E-state index is 13.3. The van der Waals surface area contributed by atoms with Crippen LogP contribution in [0.25, 0.3) is 10.9 Å². The molecular weight excluding hydrogens is 359 g/mol. The van der Waals surface area contributed by atoms with Gasteiger partial charge in [0.2, 0.25) is 5.82 Å². The Kier molecular flexibility index (Phi) is 4.31. The van der Waals surface area contributed by atoms with Crippen molar-refractivity contribution in [2.24, 2.45) is 0 Å². The zero-order valence-corrected chi connectivity index (χ0v) is 14.0. The third-order valence-electron chi connectivity index (χ3n) is 3.99. The molecule has 0 fully saturated rings. The Morgan fingerprint density at radius 3 is 2.00 bits per heavy atom. The molecule has 0 aliphatic carbocycles. The molecule has 5 nitrogen and oxygen atoms in total. The molecule has 138 valence electrons. The number of para-hydroxylation sites is 1. The van der Waals surface area contributed by atoms with Crippen molar-refractivity contribution in [3.05, 3.63) is 78.4 Å². The molecule has 0 N–H and O–H groups in total. The van der Waals surface area contributed by atoms with E-state index < -0.39 is 12.0 Å². The van der Waals surface area contributed by atoms with Crippen LogP contribution in [0.1, 0.15) is 17.3 Å². The number of alkyl halides is 3. The van der Waals surface area contributed by atoms with Crippen molar-refractivity contribution in [2.75, 3.05) is 4.90 Å². The molecule has 3 heterocycles. The van der Waals surface area contributed by atoms with Gasteiger partial charge in [0.25, 0.3) is 0 Å². The highest BCUT2D eigenvalue weighted by Crippen LogP contribution is 2.33. The molecule has 0 unspecified atom stereocenters. The highest BCUT2D eigenvalue weighted by molar-refractivity contribution is 5.89. The van der Waals surface area contributed by atoms with Gasteiger partial charge in [-0.15, -0.1) is 0 Å². The molecule has 27 heavy (non-hydrogen) atoms. The molecule has 0 aliphatic heterocycles. The van der Waals surface area contributed by atoms with Gasteiger partial charge in [0.05, 0.1) is 31.1 Å². The van der Waals surface area contributed by atoms with Gasteiger partial charge < -0.3 is 13.7 Å². The first kappa shape index (κ1) is 17.1. The van der Waals surface area contributed by atoms with Crippen LogP contribution in [0, 0.1) is 0 Å². The lowest BCUT2D eigenvalue weighted by Crippen LogP contribution is -2.25. The van der Waals surface area contributed by atoms with E-state index in [9.17, 15) is 13.2 Å². The van der Waals surface area contributed by atoms with Crippen LogP contribution in [0.5, 0.6) is 0 Å². The van der Waals surface area contributed by atoms with Crippen LogP contribution in [-0.4, -0.2) is 9.97 Å². The molecule has 0 bridgehead atoms. The number of furan rings is 2. The number of benzene rings is 1. The van der Waals surface area contributed by atoms with Gasteiger partial charge in [0.1, 0.15) is 17.3 Å². The van der Waals surface area contributed by atoms with E-state index in [4.69, 9.17) is 8.83 Å². The quantitative estimate of drug-likeness (QED) is 0.490. The number of anilines is 1. The summed E-state index contributed by atoms with van der Waals surface area (Å²) in [7, 11) is 0. The Hall–Kier alpha value is -3.29. The van der Waals surface area contributed by atoms with Crippen LogP contribution in [0.4, 0.5) is 19.0 Å². The first-order chi connectivity index (χ1) is 13.0. The molecule has 0 saturated carbocycles. The Morgan fingerprint density at radius 1 is 0.815 bits per heavy atom. The summed E-state index contributed by atoms with van der Waals surface area (Å²) in [4.78, 5) is 9.19. The SMILES string of the molecule is FC(F)(F)c1nc(N(Cc2ccco2)Cc2ccco2)c2ccccc2n1. The van der Waals surface area contributed by atoms with Gasteiger partial charge in [-0.3, -0.25) is 0 Å². The summed E-state index contributed by atoms with van der Waals surface area (Å²) in [5, 5.41) is 0.517. The normalized spacial score (nSPS) is 11.8. The van der Waals surface area contributed by atoms with Crippen LogP contribution in [0.2, 0.25) is 0 Å². The van der Waals surface area contributed by atoms with E-state index in [0.29, 0.717) is 16.9 Å². The third-order valence-corrected chi connectivity index (χ3v) is 3.99. The molecular formula is C19H14F3N3O2. The van der Waals surface area contributed by atoms with E-state index in [1.54, 1.807) is 47.4 Å². The van der Waals surface area contributed by atoms with Crippen LogP contribution in [0.3, 0.4) is 0 Å². The van der Waals surface area contributed by atoms with Crippen molar-refractivity contribution in [1.29, 1.82) is 0 Å². The van der Waals surface area contributed by atoms with Gasteiger partial charge in [-0.1, -0.05) is 12.1 Å².